The maximum Gasteiger partial charge on any atom is 0.0640 e. The van der Waals surface area contributed by atoms with Gasteiger partial charge in [-0.2, -0.15) is 0 Å². The van der Waals surface area contributed by atoms with Crippen LogP contribution in [0.4, 0.5) is 17.1 Å². The number of benzene rings is 9. The summed E-state index contributed by atoms with van der Waals surface area (Å²) in [5.74, 6) is 0. The highest BCUT2D eigenvalue weighted by atomic mass is 32.1. The molecule has 0 atom stereocenters. The van der Waals surface area contributed by atoms with E-state index < -0.39 is 0 Å². The predicted molar refractivity (Wildman–Crippen MR) is 229 cm³/mol. The molecule has 248 valence electrons. The zero-order valence-corrected chi connectivity index (χ0v) is 29.6. The van der Waals surface area contributed by atoms with Crippen LogP contribution in [0.15, 0.2) is 194 Å². The van der Waals surface area contributed by atoms with Crippen LogP contribution in [0, 0.1) is 0 Å². The Morgan fingerprint density at radius 3 is 1.94 bits per heavy atom. The standard InChI is InChI=1S/C50H32N2S/c1-3-15-34(16-4-1)42-31-35-18-8-10-23-39(35)49-48(42)43-32-37(29-30-45(43)52(49)44-26-13-19-33-17-7-9-22-38(33)44)51(36-20-5-2-6-21-36)46-27-14-25-41-40-24-11-12-28-47(40)53-50(41)46/h1-32H. The molecule has 0 aliphatic heterocycles. The van der Waals surface area contributed by atoms with E-state index in [4.69, 9.17) is 0 Å². The van der Waals surface area contributed by atoms with Gasteiger partial charge in [0.15, 0.2) is 0 Å². The van der Waals surface area contributed by atoms with E-state index in [2.05, 4.69) is 204 Å². The van der Waals surface area contributed by atoms with Crippen LogP contribution < -0.4 is 4.90 Å². The van der Waals surface area contributed by atoms with Gasteiger partial charge in [0.2, 0.25) is 0 Å². The van der Waals surface area contributed by atoms with Crippen LogP contribution in [0.2, 0.25) is 0 Å². The minimum atomic E-state index is 1.12. The van der Waals surface area contributed by atoms with E-state index in [0.29, 0.717) is 0 Å². The molecule has 2 nitrogen and oxygen atoms in total. The van der Waals surface area contributed by atoms with Gasteiger partial charge < -0.3 is 9.47 Å². The predicted octanol–water partition coefficient (Wildman–Crippen LogP) is 14.6. The lowest BCUT2D eigenvalue weighted by molar-refractivity contribution is 1.20. The highest BCUT2D eigenvalue weighted by molar-refractivity contribution is 7.26. The molecule has 0 radical (unpaired) electrons. The third-order valence-electron chi connectivity index (χ3n) is 10.7. The van der Waals surface area contributed by atoms with Gasteiger partial charge in [-0.1, -0.05) is 140 Å². The van der Waals surface area contributed by atoms with E-state index >= 15 is 0 Å². The fraction of sp³-hybridized carbons (Fsp3) is 0. The first-order chi connectivity index (χ1) is 26.3. The summed E-state index contributed by atoms with van der Waals surface area (Å²) in [5, 5.41) is 9.99. The molecular formula is C50H32N2S. The smallest absolute Gasteiger partial charge is 0.0640 e. The Balaban J connectivity index is 1.29. The molecule has 0 unspecified atom stereocenters. The molecule has 0 aliphatic carbocycles. The largest absolute Gasteiger partial charge is 0.309 e. The molecule has 11 rings (SSSR count). The average Bonchev–Trinajstić information content (AvgIpc) is 3.78. The molecule has 3 heteroatoms. The highest BCUT2D eigenvalue weighted by Crippen LogP contribution is 2.48. The van der Waals surface area contributed by atoms with Crippen LogP contribution in [-0.2, 0) is 0 Å². The number of aromatic nitrogens is 1. The third kappa shape index (κ3) is 4.64. The number of nitrogens with zero attached hydrogens (tertiary/aromatic N) is 2. The van der Waals surface area contributed by atoms with Gasteiger partial charge in [-0.25, -0.2) is 0 Å². The van der Waals surface area contributed by atoms with Crippen molar-refractivity contribution >= 4 is 91.9 Å². The first-order valence-corrected chi connectivity index (χ1v) is 18.9. The van der Waals surface area contributed by atoms with Gasteiger partial charge in [0.25, 0.3) is 0 Å². The van der Waals surface area contributed by atoms with Gasteiger partial charge >= 0.3 is 0 Å². The second kappa shape index (κ2) is 11.9. The molecule has 0 spiro atoms. The summed E-state index contributed by atoms with van der Waals surface area (Å²) in [7, 11) is 0. The summed E-state index contributed by atoms with van der Waals surface area (Å²) in [6.07, 6.45) is 0. The first-order valence-electron chi connectivity index (χ1n) is 18.1. The number of para-hydroxylation sites is 1. The zero-order chi connectivity index (χ0) is 34.9. The molecule has 0 amide bonds. The molecule has 0 saturated carbocycles. The van der Waals surface area contributed by atoms with Crippen molar-refractivity contribution in [3.05, 3.63) is 194 Å². The first kappa shape index (κ1) is 30.0. The number of hydrogen-bond donors (Lipinski definition) is 0. The van der Waals surface area contributed by atoms with Crippen LogP contribution in [-0.4, -0.2) is 4.57 Å². The summed E-state index contributed by atoms with van der Waals surface area (Å²) in [6.45, 7) is 0. The summed E-state index contributed by atoms with van der Waals surface area (Å²) >= 11 is 1.87. The molecule has 0 N–H and O–H groups in total. The number of hydrogen-bond acceptors (Lipinski definition) is 2. The Hall–Kier alpha value is -6.68. The van der Waals surface area contributed by atoms with E-state index in [-0.39, 0.29) is 0 Å². The summed E-state index contributed by atoms with van der Waals surface area (Å²) in [5.41, 5.74) is 9.46. The van der Waals surface area contributed by atoms with Crippen molar-refractivity contribution in [1.29, 1.82) is 0 Å². The van der Waals surface area contributed by atoms with Crippen molar-refractivity contribution in [3.63, 3.8) is 0 Å². The molecule has 0 aliphatic rings. The SMILES string of the molecule is c1ccc(-c2cc3ccccc3c3c2c2cc(N(c4ccccc4)c4cccc5c4sc4ccccc45)ccc2n3-c2cccc3ccccc23)cc1. The minimum absolute atomic E-state index is 1.12. The third-order valence-corrected chi connectivity index (χ3v) is 11.9. The maximum absolute atomic E-state index is 2.52. The van der Waals surface area contributed by atoms with Crippen molar-refractivity contribution in [3.8, 4) is 16.8 Å². The van der Waals surface area contributed by atoms with Gasteiger partial charge in [0.05, 0.1) is 27.1 Å². The molecule has 0 fully saturated rings. The van der Waals surface area contributed by atoms with Crippen LogP contribution >= 0.6 is 11.3 Å². The zero-order valence-electron chi connectivity index (χ0n) is 28.8. The monoisotopic (exact) mass is 692 g/mol. The fourth-order valence-corrected chi connectivity index (χ4v) is 9.63. The van der Waals surface area contributed by atoms with Crippen LogP contribution in [0.3, 0.4) is 0 Å². The summed E-state index contributed by atoms with van der Waals surface area (Å²) in [6, 6.07) is 71.0. The molecule has 53 heavy (non-hydrogen) atoms. The molecular weight excluding hydrogens is 661 g/mol. The van der Waals surface area contributed by atoms with Crippen LogP contribution in [0.1, 0.15) is 0 Å². The number of rotatable bonds is 5. The molecule has 0 saturated heterocycles. The molecule has 9 aromatic carbocycles. The van der Waals surface area contributed by atoms with E-state index in [1.54, 1.807) is 0 Å². The number of fused-ring (bicyclic) bond motifs is 9. The second-order valence-electron chi connectivity index (χ2n) is 13.7. The molecule has 2 heterocycles. The Bertz CT molecular complexity index is 3170. The van der Waals surface area contributed by atoms with Crippen molar-refractivity contribution in [2.24, 2.45) is 0 Å². The van der Waals surface area contributed by atoms with Gasteiger partial charge in [-0.15, -0.1) is 11.3 Å². The molecule has 2 aromatic heterocycles. The minimum Gasteiger partial charge on any atom is -0.309 e. The van der Waals surface area contributed by atoms with E-state index in [1.807, 2.05) is 11.3 Å². The molecule has 11 aromatic rings. The van der Waals surface area contributed by atoms with Crippen molar-refractivity contribution in [2.45, 2.75) is 0 Å². The Labute approximate surface area is 311 Å². The summed E-state index contributed by atoms with van der Waals surface area (Å²) in [4.78, 5) is 2.45. The quantitative estimate of drug-likeness (QED) is 0.174. The van der Waals surface area contributed by atoms with E-state index in [9.17, 15) is 0 Å². The lowest BCUT2D eigenvalue weighted by Gasteiger charge is -2.26. The van der Waals surface area contributed by atoms with Gasteiger partial charge in [0.1, 0.15) is 0 Å². The fourth-order valence-electron chi connectivity index (χ4n) is 8.42. The Kier molecular flexibility index (Phi) is 6.76. The van der Waals surface area contributed by atoms with Crippen molar-refractivity contribution in [1.82, 2.24) is 4.57 Å². The van der Waals surface area contributed by atoms with Crippen LogP contribution in [0.25, 0.3) is 80.3 Å². The maximum atomic E-state index is 2.52. The highest BCUT2D eigenvalue weighted by Gasteiger charge is 2.23. The normalized spacial score (nSPS) is 11.8. The Morgan fingerprint density at radius 1 is 0.434 bits per heavy atom. The lowest BCUT2D eigenvalue weighted by atomic mass is 9.95. The number of thiophene rings is 1. The van der Waals surface area contributed by atoms with Gasteiger partial charge in [-0.3, -0.25) is 0 Å². The summed E-state index contributed by atoms with van der Waals surface area (Å²) < 4.78 is 5.10. The van der Waals surface area contributed by atoms with Crippen molar-refractivity contribution < 1.29 is 0 Å². The van der Waals surface area contributed by atoms with Crippen LogP contribution in [0.5, 0.6) is 0 Å². The van der Waals surface area contributed by atoms with E-state index in [1.165, 1.54) is 86.0 Å². The van der Waals surface area contributed by atoms with Gasteiger partial charge in [0, 0.05) is 48.4 Å². The second-order valence-corrected chi connectivity index (χ2v) is 14.7. The average molecular weight is 693 g/mol. The topological polar surface area (TPSA) is 8.17 Å². The molecule has 0 bridgehead atoms. The Morgan fingerprint density at radius 2 is 1.09 bits per heavy atom. The van der Waals surface area contributed by atoms with Gasteiger partial charge in [-0.05, 0) is 76.5 Å². The lowest BCUT2D eigenvalue weighted by Crippen LogP contribution is -2.10. The van der Waals surface area contributed by atoms with E-state index in [0.717, 1.165) is 11.4 Å². The van der Waals surface area contributed by atoms with Crippen molar-refractivity contribution in [2.75, 3.05) is 4.90 Å². The number of anilines is 3.